The van der Waals surface area contributed by atoms with E-state index in [1.165, 1.54) is 39.5 Å². The van der Waals surface area contributed by atoms with Crippen LogP contribution >= 0.6 is 0 Å². The molecule has 3 rings (SSSR count). The standard InChI is InChI=1S/C19H18F3N3O3S/c1-13-12-24(18-6-5-14(11-23)9-17(18)19(20,21)22)7-8-25(13)29(27,28)16-4-2-3-15(26)10-16/h2-6,9-10,13,26H,7-8,12H2,1H3. The first-order valence-corrected chi connectivity index (χ1v) is 10.1. The Balaban J connectivity index is 1.89. The fourth-order valence-electron chi connectivity index (χ4n) is 3.40. The summed E-state index contributed by atoms with van der Waals surface area (Å²) in [5.41, 5.74) is -1.11. The third-order valence-corrected chi connectivity index (χ3v) is 6.77. The lowest BCUT2D eigenvalue weighted by Gasteiger charge is -2.40. The molecule has 6 nitrogen and oxygen atoms in total. The van der Waals surface area contributed by atoms with Crippen LogP contribution in [0.25, 0.3) is 0 Å². The molecule has 10 heteroatoms. The lowest BCUT2D eigenvalue weighted by Crippen LogP contribution is -2.54. The Labute approximate surface area is 166 Å². The van der Waals surface area contributed by atoms with Crippen molar-refractivity contribution in [2.75, 3.05) is 24.5 Å². The average Bonchev–Trinajstić information content (AvgIpc) is 2.66. The van der Waals surface area contributed by atoms with Crippen molar-refractivity contribution in [3.8, 4) is 11.8 Å². The Hall–Kier alpha value is -2.77. The van der Waals surface area contributed by atoms with E-state index in [9.17, 15) is 26.7 Å². The molecule has 0 saturated carbocycles. The first kappa shape index (κ1) is 21.0. The van der Waals surface area contributed by atoms with Crippen molar-refractivity contribution in [2.45, 2.75) is 24.0 Å². The maximum atomic E-state index is 13.5. The van der Waals surface area contributed by atoms with E-state index in [1.807, 2.05) is 0 Å². The Morgan fingerprint density at radius 1 is 1.17 bits per heavy atom. The van der Waals surface area contributed by atoms with Gasteiger partial charge in [0.05, 0.1) is 22.1 Å². The van der Waals surface area contributed by atoms with Crippen molar-refractivity contribution in [2.24, 2.45) is 0 Å². The van der Waals surface area contributed by atoms with Crippen molar-refractivity contribution in [3.05, 3.63) is 53.6 Å². The van der Waals surface area contributed by atoms with Crippen LogP contribution in [0.4, 0.5) is 18.9 Å². The van der Waals surface area contributed by atoms with Crippen molar-refractivity contribution in [1.29, 1.82) is 5.26 Å². The highest BCUT2D eigenvalue weighted by atomic mass is 32.2. The van der Waals surface area contributed by atoms with Gasteiger partial charge in [-0.15, -0.1) is 0 Å². The van der Waals surface area contributed by atoms with Crippen molar-refractivity contribution in [3.63, 3.8) is 0 Å². The van der Waals surface area contributed by atoms with Crippen LogP contribution in [-0.2, 0) is 16.2 Å². The second kappa shape index (κ2) is 7.57. The SMILES string of the molecule is CC1CN(c2ccc(C#N)cc2C(F)(F)F)CCN1S(=O)(=O)c1cccc(O)c1. The molecule has 0 radical (unpaired) electrons. The number of sulfonamides is 1. The average molecular weight is 425 g/mol. The molecule has 1 atom stereocenters. The Morgan fingerprint density at radius 2 is 1.90 bits per heavy atom. The fraction of sp³-hybridized carbons (Fsp3) is 0.316. The van der Waals surface area contributed by atoms with Crippen LogP contribution in [0.2, 0.25) is 0 Å². The number of nitrogens with zero attached hydrogens (tertiary/aromatic N) is 3. The minimum absolute atomic E-state index is 0.0174. The molecule has 2 aromatic carbocycles. The zero-order valence-corrected chi connectivity index (χ0v) is 16.2. The quantitative estimate of drug-likeness (QED) is 0.817. The number of phenols is 1. The van der Waals surface area contributed by atoms with Crippen LogP contribution in [0.3, 0.4) is 0 Å². The molecular weight excluding hydrogens is 407 g/mol. The number of piperazine rings is 1. The number of rotatable bonds is 3. The molecule has 1 N–H and O–H groups in total. The second-order valence-electron chi connectivity index (χ2n) is 6.75. The van der Waals surface area contributed by atoms with Gasteiger partial charge in [-0.05, 0) is 43.3 Å². The minimum Gasteiger partial charge on any atom is -0.508 e. The summed E-state index contributed by atoms with van der Waals surface area (Å²) in [4.78, 5) is 1.40. The zero-order valence-electron chi connectivity index (χ0n) is 15.4. The predicted octanol–water partition coefficient (Wildman–Crippen LogP) is 3.18. The third kappa shape index (κ3) is 4.16. The van der Waals surface area contributed by atoms with Gasteiger partial charge in [0, 0.05) is 31.4 Å². The number of hydrogen-bond acceptors (Lipinski definition) is 5. The zero-order chi connectivity index (χ0) is 21.4. The predicted molar refractivity (Wildman–Crippen MR) is 99.8 cm³/mol. The number of alkyl halides is 3. The van der Waals surface area contributed by atoms with Gasteiger partial charge in [-0.3, -0.25) is 0 Å². The number of nitriles is 1. The molecular formula is C19H18F3N3O3S. The van der Waals surface area contributed by atoms with E-state index in [2.05, 4.69) is 0 Å². The third-order valence-electron chi connectivity index (χ3n) is 4.76. The van der Waals surface area contributed by atoms with Crippen molar-refractivity contribution >= 4 is 15.7 Å². The molecule has 1 aliphatic rings. The van der Waals surface area contributed by atoms with E-state index in [-0.39, 0.29) is 41.5 Å². The fourth-order valence-corrected chi connectivity index (χ4v) is 5.06. The molecule has 2 aromatic rings. The molecule has 1 aliphatic heterocycles. The summed E-state index contributed by atoms with van der Waals surface area (Å²) < 4.78 is 67.4. The van der Waals surface area contributed by atoms with Crippen LogP contribution < -0.4 is 4.90 Å². The van der Waals surface area contributed by atoms with Gasteiger partial charge in [-0.25, -0.2) is 8.42 Å². The topological polar surface area (TPSA) is 84.6 Å². The highest BCUT2D eigenvalue weighted by Gasteiger charge is 2.39. The molecule has 29 heavy (non-hydrogen) atoms. The number of benzene rings is 2. The molecule has 1 heterocycles. The molecule has 0 aliphatic carbocycles. The normalized spacial score (nSPS) is 18.4. The Morgan fingerprint density at radius 3 is 2.48 bits per heavy atom. The lowest BCUT2D eigenvalue weighted by atomic mass is 10.1. The molecule has 1 saturated heterocycles. The summed E-state index contributed by atoms with van der Waals surface area (Å²) in [6, 6.07) is 9.71. The second-order valence-corrected chi connectivity index (χ2v) is 8.64. The number of halogens is 3. The van der Waals surface area contributed by atoms with Gasteiger partial charge >= 0.3 is 6.18 Å². The lowest BCUT2D eigenvalue weighted by molar-refractivity contribution is -0.137. The monoisotopic (exact) mass is 425 g/mol. The van der Waals surface area contributed by atoms with E-state index in [4.69, 9.17) is 5.26 Å². The molecule has 154 valence electrons. The number of anilines is 1. The van der Waals surface area contributed by atoms with Gasteiger partial charge in [0.25, 0.3) is 0 Å². The van der Waals surface area contributed by atoms with E-state index in [1.54, 1.807) is 13.0 Å². The molecule has 0 aromatic heterocycles. The number of phenolic OH excluding ortho intramolecular Hbond substituents is 1. The van der Waals surface area contributed by atoms with Crippen LogP contribution in [0, 0.1) is 11.3 Å². The first-order chi connectivity index (χ1) is 13.5. The van der Waals surface area contributed by atoms with E-state index in [0.717, 1.165) is 12.1 Å². The van der Waals surface area contributed by atoms with Crippen molar-refractivity contribution < 1.29 is 26.7 Å². The first-order valence-electron chi connectivity index (χ1n) is 8.71. The summed E-state index contributed by atoms with van der Waals surface area (Å²) in [5.74, 6) is -0.190. The summed E-state index contributed by atoms with van der Waals surface area (Å²) in [7, 11) is -3.91. The summed E-state index contributed by atoms with van der Waals surface area (Å²) in [5, 5.41) is 18.5. The van der Waals surface area contributed by atoms with Gasteiger partial charge in [-0.1, -0.05) is 6.07 Å². The van der Waals surface area contributed by atoms with E-state index in [0.29, 0.717) is 0 Å². The number of aromatic hydroxyl groups is 1. The maximum Gasteiger partial charge on any atom is 0.418 e. The van der Waals surface area contributed by atoms with Crippen LogP contribution in [-0.4, -0.2) is 43.5 Å². The molecule has 0 spiro atoms. The Bertz CT molecular complexity index is 1060. The highest BCUT2D eigenvalue weighted by molar-refractivity contribution is 7.89. The van der Waals surface area contributed by atoms with Gasteiger partial charge in [0.1, 0.15) is 5.75 Å². The molecule has 0 amide bonds. The minimum atomic E-state index is -4.64. The molecule has 1 unspecified atom stereocenters. The van der Waals surface area contributed by atoms with Crippen LogP contribution in [0.5, 0.6) is 5.75 Å². The van der Waals surface area contributed by atoms with Crippen LogP contribution in [0.15, 0.2) is 47.4 Å². The largest absolute Gasteiger partial charge is 0.508 e. The smallest absolute Gasteiger partial charge is 0.418 e. The van der Waals surface area contributed by atoms with E-state index < -0.39 is 27.8 Å². The van der Waals surface area contributed by atoms with Gasteiger partial charge in [-0.2, -0.15) is 22.7 Å². The summed E-state index contributed by atoms with van der Waals surface area (Å²) in [6.45, 7) is 1.70. The van der Waals surface area contributed by atoms with Gasteiger partial charge in [0.2, 0.25) is 10.0 Å². The summed E-state index contributed by atoms with van der Waals surface area (Å²) in [6.07, 6.45) is -4.64. The van der Waals surface area contributed by atoms with Gasteiger partial charge in [0.15, 0.2) is 0 Å². The highest BCUT2D eigenvalue weighted by Crippen LogP contribution is 2.38. The summed E-state index contributed by atoms with van der Waals surface area (Å²) >= 11 is 0. The van der Waals surface area contributed by atoms with Gasteiger partial charge < -0.3 is 10.0 Å². The number of hydrogen-bond donors (Lipinski definition) is 1. The van der Waals surface area contributed by atoms with Crippen molar-refractivity contribution in [1.82, 2.24) is 4.31 Å². The molecule has 0 bridgehead atoms. The maximum absolute atomic E-state index is 13.5. The Kier molecular flexibility index (Phi) is 5.47. The van der Waals surface area contributed by atoms with Crippen LogP contribution in [0.1, 0.15) is 18.1 Å². The molecule has 1 fully saturated rings. The van der Waals surface area contributed by atoms with E-state index >= 15 is 0 Å².